The van der Waals surface area contributed by atoms with Crippen LogP contribution in [-0.2, 0) is 27.7 Å². The minimum Gasteiger partial charge on any atom is -1.00 e. The molecule has 0 N–H and O–H groups in total. The minimum absolute atomic E-state index is 0. The third-order valence-electron chi connectivity index (χ3n) is 5.87. The molecule has 144 valence electrons. The number of hydrogen-bond acceptors (Lipinski definition) is 0. The topological polar surface area (TPSA) is 0 Å². The van der Waals surface area contributed by atoms with Crippen LogP contribution in [0.15, 0.2) is 60.8 Å². The van der Waals surface area contributed by atoms with Gasteiger partial charge in [-0.25, -0.2) is 0 Å². The van der Waals surface area contributed by atoms with Crippen molar-refractivity contribution in [2.75, 3.05) is 0 Å². The minimum atomic E-state index is -1.96. The third kappa shape index (κ3) is 4.17. The molecule has 2 aromatic carbocycles. The Labute approximate surface area is 204 Å². The van der Waals surface area contributed by atoms with Crippen molar-refractivity contribution in [3.05, 3.63) is 71.9 Å². The van der Waals surface area contributed by atoms with E-state index >= 15 is 0 Å². The molecule has 0 amide bonds. The van der Waals surface area contributed by atoms with Crippen molar-refractivity contribution in [2.24, 2.45) is 0 Å². The van der Waals surface area contributed by atoms with Gasteiger partial charge in [-0.3, -0.25) is 0 Å². The Morgan fingerprint density at radius 2 is 1.61 bits per heavy atom. The summed E-state index contributed by atoms with van der Waals surface area (Å²) < 4.78 is 7.89. The van der Waals surface area contributed by atoms with Gasteiger partial charge in [-0.15, -0.1) is 0 Å². The molecule has 0 aromatic heterocycles. The smallest absolute Gasteiger partial charge is 1.00 e. The fourth-order valence-electron chi connectivity index (χ4n) is 4.71. The summed E-state index contributed by atoms with van der Waals surface area (Å²) in [5.41, 5.74) is 6.01. The van der Waals surface area contributed by atoms with Crippen molar-refractivity contribution in [1.29, 1.82) is 0 Å². The van der Waals surface area contributed by atoms with Crippen molar-refractivity contribution in [3.63, 3.8) is 0 Å². The van der Waals surface area contributed by atoms with Crippen LogP contribution in [0, 0.1) is 0 Å². The number of allylic oxidation sites excluding steroid dienone is 4. The summed E-state index contributed by atoms with van der Waals surface area (Å²) in [6.07, 6.45) is 15.0. The van der Waals surface area contributed by atoms with Crippen molar-refractivity contribution in [1.82, 2.24) is 0 Å². The van der Waals surface area contributed by atoms with Gasteiger partial charge in [-0.05, 0) is 0 Å². The molecule has 0 unspecified atom stereocenters. The predicted octanol–water partition coefficient (Wildman–Crippen LogP) is 0.625. The van der Waals surface area contributed by atoms with Gasteiger partial charge in [0.15, 0.2) is 0 Å². The van der Waals surface area contributed by atoms with E-state index in [1.807, 2.05) is 3.21 Å². The second kappa shape index (κ2) is 9.57. The molecule has 0 heterocycles. The van der Waals surface area contributed by atoms with Gasteiger partial charge in [0.05, 0.1) is 0 Å². The van der Waals surface area contributed by atoms with E-state index in [2.05, 4.69) is 80.4 Å². The van der Waals surface area contributed by atoms with Gasteiger partial charge in [0.25, 0.3) is 0 Å². The molecule has 28 heavy (non-hydrogen) atoms. The summed E-state index contributed by atoms with van der Waals surface area (Å²) in [6.45, 7) is 0. The SMILES string of the molecule is Brc1ccc2c(c1)-c1cc(Br)c[c]([Zr+2]([C]3=CC=CC3)=[C]3CCCC3)c1C2.[Cl-].[Cl-]. The zero-order valence-electron chi connectivity index (χ0n) is 15.4. The molecule has 1 saturated carbocycles. The summed E-state index contributed by atoms with van der Waals surface area (Å²) in [5.74, 6) is 0. The van der Waals surface area contributed by atoms with E-state index in [0.29, 0.717) is 0 Å². The Morgan fingerprint density at radius 3 is 2.32 bits per heavy atom. The molecule has 0 bridgehead atoms. The summed E-state index contributed by atoms with van der Waals surface area (Å²) in [6, 6.07) is 11.6. The molecule has 0 aliphatic heterocycles. The van der Waals surface area contributed by atoms with E-state index in [-0.39, 0.29) is 24.8 Å². The number of benzene rings is 2. The fraction of sp³-hybridized carbons (Fsp3) is 0.261. The number of halogens is 4. The summed E-state index contributed by atoms with van der Waals surface area (Å²) >= 11 is 5.55. The molecule has 0 saturated heterocycles. The first-order valence-corrected chi connectivity index (χ1v) is 14.7. The Bertz CT molecular complexity index is 1010. The first-order chi connectivity index (χ1) is 12.7. The largest absolute Gasteiger partial charge is 1.00 e. The van der Waals surface area contributed by atoms with Gasteiger partial charge in [0, 0.05) is 0 Å². The van der Waals surface area contributed by atoms with E-state index in [1.54, 1.807) is 12.1 Å². The second-order valence-corrected chi connectivity index (χ2v) is 15.8. The van der Waals surface area contributed by atoms with Gasteiger partial charge >= 0.3 is 181 Å². The Morgan fingerprint density at radius 1 is 0.857 bits per heavy atom. The molecule has 3 aliphatic rings. The van der Waals surface area contributed by atoms with Crippen LogP contribution in [0.25, 0.3) is 11.1 Å². The van der Waals surface area contributed by atoms with Crippen LogP contribution < -0.4 is 28.1 Å². The Balaban J connectivity index is 0.00000112. The summed E-state index contributed by atoms with van der Waals surface area (Å²) in [4.78, 5) is 0. The van der Waals surface area contributed by atoms with Crippen LogP contribution in [0.1, 0.15) is 43.2 Å². The van der Waals surface area contributed by atoms with Crippen LogP contribution in [0.3, 0.4) is 0 Å². The number of fused-ring (bicyclic) bond motifs is 3. The maximum absolute atomic E-state index is 3.85. The van der Waals surface area contributed by atoms with Gasteiger partial charge in [-0.1, -0.05) is 0 Å². The van der Waals surface area contributed by atoms with Crippen molar-refractivity contribution < 1.29 is 46.1 Å². The first-order valence-electron chi connectivity index (χ1n) is 9.40. The van der Waals surface area contributed by atoms with Crippen LogP contribution in [0.5, 0.6) is 0 Å². The molecule has 0 spiro atoms. The Kier molecular flexibility index (Phi) is 7.82. The molecule has 5 rings (SSSR count). The first kappa shape index (κ1) is 22.9. The maximum Gasteiger partial charge on any atom is -1.00 e. The molecule has 3 aliphatic carbocycles. The van der Waals surface area contributed by atoms with Crippen LogP contribution in [0.4, 0.5) is 0 Å². The summed E-state index contributed by atoms with van der Waals surface area (Å²) in [5, 5.41) is 0. The Hall–Kier alpha value is 0.213. The molecule has 5 heteroatoms. The molecule has 2 aromatic rings. The maximum atomic E-state index is 3.85. The molecular weight excluding hydrogens is 598 g/mol. The monoisotopic (exact) mass is 614 g/mol. The number of rotatable bonds is 2. The fourth-order valence-corrected chi connectivity index (χ4v) is 14.5. The molecule has 1 fully saturated rings. The zero-order valence-corrected chi connectivity index (χ0v) is 22.5. The molecule has 0 nitrogen and oxygen atoms in total. The van der Waals surface area contributed by atoms with Crippen molar-refractivity contribution in [2.45, 2.75) is 38.5 Å². The molecule has 0 radical (unpaired) electrons. The van der Waals surface area contributed by atoms with E-state index in [4.69, 9.17) is 0 Å². The molecule has 0 atom stereocenters. The average molecular weight is 618 g/mol. The average Bonchev–Trinajstić information content (AvgIpc) is 3.36. The molecular formula is C23H20Br2Cl2Zr. The normalized spacial score (nSPS) is 15.9. The van der Waals surface area contributed by atoms with Crippen molar-refractivity contribution >= 4 is 38.3 Å². The standard InChI is InChI=1S/C13H7Br2.C5H8.C5H5.2ClH.Zr/c14-10-3-1-8-5-9-2-4-11(15)7-13(9)12(8)6-10;2*1-2-4-5-3-1;;;/h1,3-4,6-7H,5H2;1-4H2;1-3H,4H2;2*1H;/q;;;;;+2/p-2. The van der Waals surface area contributed by atoms with Gasteiger partial charge in [-0.2, -0.15) is 0 Å². The van der Waals surface area contributed by atoms with E-state index < -0.39 is 21.3 Å². The van der Waals surface area contributed by atoms with E-state index in [0.717, 1.165) is 6.42 Å². The zero-order chi connectivity index (χ0) is 17.7. The second-order valence-electron chi connectivity index (χ2n) is 7.47. The van der Waals surface area contributed by atoms with Gasteiger partial charge < -0.3 is 24.8 Å². The van der Waals surface area contributed by atoms with E-state index in [9.17, 15) is 0 Å². The van der Waals surface area contributed by atoms with Crippen LogP contribution in [0.2, 0.25) is 0 Å². The van der Waals surface area contributed by atoms with Crippen LogP contribution in [-0.4, -0.2) is 3.21 Å². The number of hydrogen-bond donors (Lipinski definition) is 0. The van der Waals surface area contributed by atoms with Gasteiger partial charge in [0.2, 0.25) is 0 Å². The van der Waals surface area contributed by atoms with Crippen molar-refractivity contribution in [3.8, 4) is 11.1 Å². The predicted molar refractivity (Wildman–Crippen MR) is 115 cm³/mol. The van der Waals surface area contributed by atoms with Crippen LogP contribution >= 0.6 is 31.9 Å². The van der Waals surface area contributed by atoms with Gasteiger partial charge in [0.1, 0.15) is 0 Å². The quantitative estimate of drug-likeness (QED) is 0.396. The van der Waals surface area contributed by atoms with E-state index in [1.165, 1.54) is 57.7 Å². The third-order valence-corrected chi connectivity index (χ3v) is 14.7. The summed E-state index contributed by atoms with van der Waals surface area (Å²) in [7, 11) is 0.